The van der Waals surface area contributed by atoms with E-state index in [0.717, 1.165) is 22.9 Å². The number of hydrogen-bond donors (Lipinski definition) is 2. The summed E-state index contributed by atoms with van der Waals surface area (Å²) in [5.41, 5.74) is 7.97. The topological polar surface area (TPSA) is 96.0 Å². The number of carbonyl (C=O) groups excluding carboxylic acids is 2. The van der Waals surface area contributed by atoms with Crippen LogP contribution < -0.4 is 10.6 Å². The average Bonchev–Trinajstić information content (AvgIpc) is 3.13. The van der Waals surface area contributed by atoms with Crippen LogP contribution in [0.25, 0.3) is 0 Å². The molecule has 0 aliphatic carbocycles. The van der Waals surface area contributed by atoms with E-state index in [-0.39, 0.29) is 5.17 Å². The van der Waals surface area contributed by atoms with Gasteiger partial charge in [-0.05, 0) is 35.6 Å². The van der Waals surface area contributed by atoms with Gasteiger partial charge in [-0.15, -0.1) is 0 Å². The lowest BCUT2D eigenvalue weighted by atomic mass is 9.91. The predicted molar refractivity (Wildman–Crippen MR) is 115 cm³/mol. The number of aryl methyl sites for hydroxylation is 1. The van der Waals surface area contributed by atoms with Gasteiger partial charge in [0.05, 0.1) is 12.2 Å². The fourth-order valence-electron chi connectivity index (χ4n) is 3.89. The van der Waals surface area contributed by atoms with Gasteiger partial charge in [0.2, 0.25) is 0 Å². The Bertz CT molecular complexity index is 1050. The van der Waals surface area contributed by atoms with Crippen molar-refractivity contribution in [2.45, 2.75) is 44.1 Å². The zero-order valence-corrected chi connectivity index (χ0v) is 17.4. The molecule has 2 aromatic carbocycles. The maximum absolute atomic E-state index is 13.5. The van der Waals surface area contributed by atoms with E-state index in [2.05, 4.69) is 31.0 Å². The van der Waals surface area contributed by atoms with Gasteiger partial charge < -0.3 is 15.7 Å². The van der Waals surface area contributed by atoms with Crippen molar-refractivity contribution < 1.29 is 14.7 Å². The van der Waals surface area contributed by atoms with Crippen molar-refractivity contribution in [3.8, 4) is 0 Å². The molecule has 0 bridgehead atoms. The molecule has 0 radical (unpaired) electrons. The summed E-state index contributed by atoms with van der Waals surface area (Å²) in [6.45, 7) is 6.56. The highest BCUT2D eigenvalue weighted by atomic mass is 32.2. The van der Waals surface area contributed by atoms with Gasteiger partial charge in [0.1, 0.15) is 5.25 Å². The molecule has 150 valence electrons. The number of anilines is 1. The standard InChI is InChI=1S/C22H23N3O3S/c1-12(2)14-9-8-13(3)15(10-14)11-25-17-7-5-4-6-16(17)22(28,20(25)27)18-19(26)24-21(23)29-18/h4-10,12,18,28H,11H2,1-3H3,(H2,23,24,26)/t18-,22-/m1/s1. The van der Waals surface area contributed by atoms with Crippen LogP contribution in [-0.2, 0) is 21.7 Å². The van der Waals surface area contributed by atoms with Crippen molar-refractivity contribution in [2.75, 3.05) is 4.90 Å². The highest BCUT2D eigenvalue weighted by Gasteiger charge is 2.59. The molecule has 2 heterocycles. The second-order valence-electron chi connectivity index (χ2n) is 7.80. The van der Waals surface area contributed by atoms with E-state index in [1.54, 1.807) is 23.1 Å². The van der Waals surface area contributed by atoms with Crippen molar-refractivity contribution in [1.82, 2.24) is 0 Å². The van der Waals surface area contributed by atoms with Crippen LogP contribution >= 0.6 is 11.8 Å². The van der Waals surface area contributed by atoms with Crippen LogP contribution in [0.4, 0.5) is 5.69 Å². The number of rotatable bonds is 4. The molecule has 0 spiro atoms. The number of nitrogens with two attached hydrogens (primary N) is 1. The summed E-state index contributed by atoms with van der Waals surface area (Å²) in [5, 5.41) is 10.5. The first kappa shape index (κ1) is 19.7. The molecule has 2 amide bonds. The summed E-state index contributed by atoms with van der Waals surface area (Å²) >= 11 is 0.936. The molecule has 6 nitrogen and oxygen atoms in total. The van der Waals surface area contributed by atoms with Crippen molar-refractivity contribution in [2.24, 2.45) is 10.7 Å². The molecule has 3 N–H and O–H groups in total. The molecule has 2 atom stereocenters. The zero-order chi connectivity index (χ0) is 20.9. The molecule has 0 saturated carbocycles. The summed E-state index contributed by atoms with van der Waals surface area (Å²) in [4.78, 5) is 31.1. The number of thioether (sulfide) groups is 1. The number of aliphatic hydroxyl groups is 1. The van der Waals surface area contributed by atoms with E-state index in [4.69, 9.17) is 5.73 Å². The fourth-order valence-corrected chi connectivity index (χ4v) is 4.83. The Morgan fingerprint density at radius 3 is 2.62 bits per heavy atom. The lowest BCUT2D eigenvalue weighted by molar-refractivity contribution is -0.140. The number of aliphatic imine (C=N–C) groups is 1. The maximum atomic E-state index is 13.5. The van der Waals surface area contributed by atoms with Gasteiger partial charge in [-0.1, -0.05) is 62.0 Å². The third-order valence-corrected chi connectivity index (χ3v) is 6.72. The van der Waals surface area contributed by atoms with Gasteiger partial charge in [0.15, 0.2) is 10.8 Å². The largest absolute Gasteiger partial charge is 0.378 e. The van der Waals surface area contributed by atoms with Crippen LogP contribution in [-0.4, -0.2) is 27.3 Å². The molecule has 0 fully saturated rings. The van der Waals surface area contributed by atoms with Crippen molar-refractivity contribution in [3.63, 3.8) is 0 Å². The van der Waals surface area contributed by atoms with Crippen LogP contribution in [0.15, 0.2) is 47.5 Å². The number of carbonyl (C=O) groups is 2. The molecule has 0 unspecified atom stereocenters. The Balaban J connectivity index is 1.76. The fraction of sp³-hybridized carbons (Fsp3) is 0.318. The second kappa shape index (κ2) is 7.00. The summed E-state index contributed by atoms with van der Waals surface area (Å²) in [6, 6.07) is 13.3. The van der Waals surface area contributed by atoms with Crippen molar-refractivity contribution >= 4 is 34.4 Å². The van der Waals surface area contributed by atoms with E-state index in [0.29, 0.717) is 23.7 Å². The smallest absolute Gasteiger partial charge is 0.265 e. The molecule has 4 rings (SSSR count). The van der Waals surface area contributed by atoms with Crippen molar-refractivity contribution in [3.05, 3.63) is 64.7 Å². The number of fused-ring (bicyclic) bond motifs is 1. The number of nitrogens with zero attached hydrogens (tertiary/aromatic N) is 2. The van der Waals surface area contributed by atoms with Gasteiger partial charge in [-0.3, -0.25) is 9.59 Å². The molecule has 7 heteroatoms. The van der Waals surface area contributed by atoms with Crippen LogP contribution in [0.5, 0.6) is 0 Å². The summed E-state index contributed by atoms with van der Waals surface area (Å²) in [5.74, 6) is -0.748. The number of amides is 2. The normalized spacial score (nSPS) is 23.7. The Morgan fingerprint density at radius 2 is 1.97 bits per heavy atom. The lowest BCUT2D eigenvalue weighted by Crippen LogP contribution is -2.49. The van der Waals surface area contributed by atoms with Crippen LogP contribution in [0.1, 0.15) is 42.0 Å². The summed E-state index contributed by atoms with van der Waals surface area (Å²) in [7, 11) is 0. The molecular weight excluding hydrogens is 386 g/mol. The number of amidine groups is 1. The first-order chi connectivity index (χ1) is 13.7. The number of para-hydroxylation sites is 1. The Labute approximate surface area is 173 Å². The van der Waals surface area contributed by atoms with E-state index >= 15 is 0 Å². The van der Waals surface area contributed by atoms with Gasteiger partial charge in [-0.25, -0.2) is 0 Å². The Morgan fingerprint density at radius 1 is 1.24 bits per heavy atom. The average molecular weight is 410 g/mol. The lowest BCUT2D eigenvalue weighted by Gasteiger charge is -2.27. The quantitative estimate of drug-likeness (QED) is 0.810. The summed E-state index contributed by atoms with van der Waals surface area (Å²) in [6.07, 6.45) is 0. The monoisotopic (exact) mass is 409 g/mol. The van der Waals surface area contributed by atoms with Crippen LogP contribution in [0.3, 0.4) is 0 Å². The van der Waals surface area contributed by atoms with Crippen LogP contribution in [0.2, 0.25) is 0 Å². The molecule has 2 aliphatic rings. The number of benzene rings is 2. The third kappa shape index (κ3) is 3.05. The number of hydrogen-bond acceptors (Lipinski definition) is 5. The molecule has 0 aromatic heterocycles. The van der Waals surface area contributed by atoms with Gasteiger partial charge in [0.25, 0.3) is 11.8 Å². The Hall–Kier alpha value is -2.64. The van der Waals surface area contributed by atoms with Gasteiger partial charge >= 0.3 is 0 Å². The van der Waals surface area contributed by atoms with E-state index < -0.39 is 22.7 Å². The van der Waals surface area contributed by atoms with Gasteiger partial charge in [0, 0.05) is 5.56 Å². The minimum atomic E-state index is -1.99. The first-order valence-electron chi connectivity index (χ1n) is 9.51. The van der Waals surface area contributed by atoms with Crippen LogP contribution in [0, 0.1) is 6.92 Å². The molecular formula is C22H23N3O3S. The SMILES string of the molecule is Cc1ccc(C(C)C)cc1CN1C(=O)[C@](O)([C@@H]2SC(N)=NC2=O)c2ccccc21. The zero-order valence-electron chi connectivity index (χ0n) is 16.5. The van der Waals surface area contributed by atoms with E-state index in [1.165, 1.54) is 5.56 Å². The second-order valence-corrected chi connectivity index (χ2v) is 8.93. The van der Waals surface area contributed by atoms with E-state index in [9.17, 15) is 14.7 Å². The molecule has 0 saturated heterocycles. The van der Waals surface area contributed by atoms with Gasteiger partial charge in [-0.2, -0.15) is 4.99 Å². The molecule has 29 heavy (non-hydrogen) atoms. The van der Waals surface area contributed by atoms with Crippen molar-refractivity contribution in [1.29, 1.82) is 0 Å². The predicted octanol–water partition coefficient (Wildman–Crippen LogP) is 2.81. The third-order valence-electron chi connectivity index (χ3n) is 5.61. The highest BCUT2D eigenvalue weighted by Crippen LogP contribution is 2.48. The Kier molecular flexibility index (Phi) is 4.75. The minimum absolute atomic E-state index is 0.0673. The molecule has 2 aliphatic heterocycles. The minimum Gasteiger partial charge on any atom is -0.378 e. The highest BCUT2D eigenvalue weighted by molar-refractivity contribution is 8.15. The first-order valence-corrected chi connectivity index (χ1v) is 10.4. The molecule has 2 aromatic rings. The maximum Gasteiger partial charge on any atom is 0.265 e. The van der Waals surface area contributed by atoms with E-state index in [1.807, 2.05) is 19.1 Å². The summed E-state index contributed by atoms with van der Waals surface area (Å²) < 4.78 is 0.